The number of hydrogen-bond donors (Lipinski definition) is 1. The summed E-state index contributed by atoms with van der Waals surface area (Å²) in [6.07, 6.45) is 0. The molecule has 0 atom stereocenters. The summed E-state index contributed by atoms with van der Waals surface area (Å²) in [4.78, 5) is 11.2. The SMILES string of the molecule is Cc1cccc(C(=O)O)c1OCc1cc(F)ccc1Br. The number of para-hydroxylation sites is 1. The van der Waals surface area contributed by atoms with E-state index in [1.807, 2.05) is 0 Å². The molecule has 2 aromatic carbocycles. The highest BCUT2D eigenvalue weighted by molar-refractivity contribution is 9.10. The first kappa shape index (κ1) is 14.5. The van der Waals surface area contributed by atoms with Gasteiger partial charge in [-0.05, 0) is 36.8 Å². The second kappa shape index (κ2) is 6.05. The van der Waals surface area contributed by atoms with E-state index >= 15 is 0 Å². The molecular weight excluding hydrogens is 327 g/mol. The Labute approximate surface area is 124 Å². The topological polar surface area (TPSA) is 46.5 Å². The van der Waals surface area contributed by atoms with Gasteiger partial charge in [-0.1, -0.05) is 28.1 Å². The van der Waals surface area contributed by atoms with Crippen molar-refractivity contribution in [2.45, 2.75) is 13.5 Å². The van der Waals surface area contributed by atoms with Crippen LogP contribution >= 0.6 is 15.9 Å². The Bertz CT molecular complexity index is 656. The molecule has 0 amide bonds. The average molecular weight is 339 g/mol. The maximum atomic E-state index is 13.2. The number of ether oxygens (including phenoxy) is 1. The van der Waals surface area contributed by atoms with Crippen molar-refractivity contribution >= 4 is 21.9 Å². The number of carboxylic acids is 1. The maximum Gasteiger partial charge on any atom is 0.339 e. The molecule has 0 saturated carbocycles. The van der Waals surface area contributed by atoms with Gasteiger partial charge in [0.1, 0.15) is 23.7 Å². The monoisotopic (exact) mass is 338 g/mol. The molecule has 0 aliphatic heterocycles. The first-order chi connectivity index (χ1) is 9.49. The Balaban J connectivity index is 2.27. The van der Waals surface area contributed by atoms with Crippen molar-refractivity contribution < 1.29 is 19.0 Å². The normalized spacial score (nSPS) is 10.3. The van der Waals surface area contributed by atoms with Gasteiger partial charge in [-0.25, -0.2) is 9.18 Å². The molecule has 0 aromatic heterocycles. The number of halogens is 2. The van der Waals surface area contributed by atoms with Crippen LogP contribution in [0.25, 0.3) is 0 Å². The predicted octanol–water partition coefficient (Wildman–Crippen LogP) is 4.17. The molecule has 5 heteroatoms. The molecular formula is C15H12BrFO3. The summed E-state index contributed by atoms with van der Waals surface area (Å²) in [5.74, 6) is -1.12. The van der Waals surface area contributed by atoms with Gasteiger partial charge in [0.15, 0.2) is 0 Å². The summed E-state index contributed by atoms with van der Waals surface area (Å²) in [6, 6.07) is 9.17. The third-order valence-corrected chi connectivity index (χ3v) is 3.60. The van der Waals surface area contributed by atoms with Crippen molar-refractivity contribution in [3.63, 3.8) is 0 Å². The van der Waals surface area contributed by atoms with E-state index in [4.69, 9.17) is 9.84 Å². The van der Waals surface area contributed by atoms with Crippen molar-refractivity contribution in [3.05, 3.63) is 63.4 Å². The molecule has 0 unspecified atom stereocenters. The van der Waals surface area contributed by atoms with Gasteiger partial charge in [0.2, 0.25) is 0 Å². The van der Waals surface area contributed by atoms with Crippen LogP contribution in [0, 0.1) is 12.7 Å². The third-order valence-electron chi connectivity index (χ3n) is 2.82. The fourth-order valence-corrected chi connectivity index (χ4v) is 2.18. The van der Waals surface area contributed by atoms with Gasteiger partial charge < -0.3 is 9.84 Å². The quantitative estimate of drug-likeness (QED) is 0.909. The van der Waals surface area contributed by atoms with Crippen LogP contribution in [0.5, 0.6) is 5.75 Å². The van der Waals surface area contributed by atoms with Gasteiger partial charge in [-0.15, -0.1) is 0 Å². The number of aromatic carboxylic acids is 1. The number of carboxylic acid groups (broad SMARTS) is 1. The molecule has 0 aliphatic carbocycles. The Morgan fingerprint density at radius 1 is 1.35 bits per heavy atom. The third kappa shape index (κ3) is 3.17. The molecule has 20 heavy (non-hydrogen) atoms. The molecule has 0 bridgehead atoms. The molecule has 0 saturated heterocycles. The van der Waals surface area contributed by atoms with E-state index in [0.717, 1.165) is 5.56 Å². The lowest BCUT2D eigenvalue weighted by atomic mass is 10.1. The van der Waals surface area contributed by atoms with E-state index in [9.17, 15) is 9.18 Å². The van der Waals surface area contributed by atoms with Crippen LogP contribution in [0.1, 0.15) is 21.5 Å². The second-order valence-corrected chi connectivity index (χ2v) is 5.14. The maximum absolute atomic E-state index is 13.2. The zero-order valence-corrected chi connectivity index (χ0v) is 12.3. The first-order valence-electron chi connectivity index (χ1n) is 5.88. The molecule has 0 radical (unpaired) electrons. The van der Waals surface area contributed by atoms with Crippen LogP contribution in [-0.2, 0) is 6.61 Å². The number of rotatable bonds is 4. The number of carbonyl (C=O) groups is 1. The smallest absolute Gasteiger partial charge is 0.339 e. The van der Waals surface area contributed by atoms with Gasteiger partial charge in [0.25, 0.3) is 0 Å². The van der Waals surface area contributed by atoms with Crippen LogP contribution in [0.3, 0.4) is 0 Å². The van der Waals surface area contributed by atoms with Crippen LogP contribution in [0.2, 0.25) is 0 Å². The minimum atomic E-state index is -1.05. The lowest BCUT2D eigenvalue weighted by Gasteiger charge is -2.12. The standard InChI is InChI=1S/C15H12BrFO3/c1-9-3-2-4-12(15(18)19)14(9)20-8-10-7-11(17)5-6-13(10)16/h2-7H,8H2,1H3,(H,18,19). The fourth-order valence-electron chi connectivity index (χ4n) is 1.82. The summed E-state index contributed by atoms with van der Waals surface area (Å²) in [7, 11) is 0. The van der Waals surface area contributed by atoms with Crippen molar-refractivity contribution in [2.75, 3.05) is 0 Å². The number of benzene rings is 2. The molecule has 0 aliphatic rings. The highest BCUT2D eigenvalue weighted by Gasteiger charge is 2.14. The van der Waals surface area contributed by atoms with Crippen molar-refractivity contribution in [3.8, 4) is 5.75 Å². The minimum absolute atomic E-state index is 0.0868. The van der Waals surface area contributed by atoms with Crippen molar-refractivity contribution in [1.29, 1.82) is 0 Å². The van der Waals surface area contributed by atoms with Crippen molar-refractivity contribution in [2.24, 2.45) is 0 Å². The average Bonchev–Trinajstić information content (AvgIpc) is 2.40. The molecule has 2 aromatic rings. The molecule has 0 heterocycles. The van der Waals surface area contributed by atoms with Gasteiger partial charge in [0, 0.05) is 10.0 Å². The van der Waals surface area contributed by atoms with Crippen molar-refractivity contribution in [1.82, 2.24) is 0 Å². The molecule has 104 valence electrons. The Morgan fingerprint density at radius 2 is 2.10 bits per heavy atom. The van der Waals surface area contributed by atoms with E-state index in [0.29, 0.717) is 15.8 Å². The second-order valence-electron chi connectivity index (χ2n) is 4.28. The van der Waals surface area contributed by atoms with E-state index in [1.165, 1.54) is 18.2 Å². The van der Waals surface area contributed by atoms with Crippen LogP contribution in [-0.4, -0.2) is 11.1 Å². The Hall–Kier alpha value is -1.88. The fraction of sp³-hybridized carbons (Fsp3) is 0.133. The van der Waals surface area contributed by atoms with Gasteiger partial charge in [-0.2, -0.15) is 0 Å². The minimum Gasteiger partial charge on any atom is -0.488 e. The largest absolute Gasteiger partial charge is 0.488 e. The molecule has 1 N–H and O–H groups in total. The summed E-state index contributed by atoms with van der Waals surface area (Å²) >= 11 is 3.31. The number of aryl methyl sites for hydroxylation is 1. The Kier molecular flexibility index (Phi) is 4.39. The van der Waals surface area contributed by atoms with E-state index in [2.05, 4.69) is 15.9 Å². The summed E-state index contributed by atoms with van der Waals surface area (Å²) in [5, 5.41) is 9.14. The first-order valence-corrected chi connectivity index (χ1v) is 6.68. The summed E-state index contributed by atoms with van der Waals surface area (Å²) in [5.41, 5.74) is 1.43. The van der Waals surface area contributed by atoms with Crippen LogP contribution in [0.15, 0.2) is 40.9 Å². The van der Waals surface area contributed by atoms with E-state index in [1.54, 1.807) is 25.1 Å². The molecule has 3 nitrogen and oxygen atoms in total. The zero-order chi connectivity index (χ0) is 14.7. The van der Waals surface area contributed by atoms with Gasteiger partial charge >= 0.3 is 5.97 Å². The lowest BCUT2D eigenvalue weighted by molar-refractivity contribution is 0.0691. The summed E-state index contributed by atoms with van der Waals surface area (Å²) < 4.78 is 19.5. The van der Waals surface area contributed by atoms with Crippen LogP contribution < -0.4 is 4.74 Å². The summed E-state index contributed by atoms with van der Waals surface area (Å²) in [6.45, 7) is 1.85. The van der Waals surface area contributed by atoms with E-state index < -0.39 is 5.97 Å². The van der Waals surface area contributed by atoms with Gasteiger partial charge in [0.05, 0.1) is 0 Å². The Morgan fingerprint density at radius 3 is 2.80 bits per heavy atom. The number of hydrogen-bond acceptors (Lipinski definition) is 2. The highest BCUT2D eigenvalue weighted by atomic mass is 79.9. The predicted molar refractivity (Wildman–Crippen MR) is 76.6 cm³/mol. The van der Waals surface area contributed by atoms with E-state index in [-0.39, 0.29) is 18.0 Å². The molecule has 0 fully saturated rings. The lowest BCUT2D eigenvalue weighted by Crippen LogP contribution is -2.05. The molecule has 2 rings (SSSR count). The van der Waals surface area contributed by atoms with Gasteiger partial charge in [-0.3, -0.25) is 0 Å². The zero-order valence-electron chi connectivity index (χ0n) is 10.7. The molecule has 0 spiro atoms. The highest BCUT2D eigenvalue weighted by Crippen LogP contribution is 2.26. The van der Waals surface area contributed by atoms with Crippen LogP contribution in [0.4, 0.5) is 4.39 Å².